The Kier molecular flexibility index (Phi) is 6.74. The van der Waals surface area contributed by atoms with E-state index in [-0.39, 0.29) is 27.8 Å². The minimum absolute atomic E-state index is 0.0246. The summed E-state index contributed by atoms with van der Waals surface area (Å²) in [5.41, 5.74) is 0.881. The van der Waals surface area contributed by atoms with Gasteiger partial charge in [0.1, 0.15) is 6.61 Å². The molecule has 1 unspecified atom stereocenters. The number of hydrogen-bond donors (Lipinski definition) is 1. The first-order valence-electron chi connectivity index (χ1n) is 8.98. The molecule has 0 aliphatic carbocycles. The first-order valence-corrected chi connectivity index (χ1v) is 11.3. The fraction of sp³-hybridized carbons (Fsp3) is 0.136. The van der Waals surface area contributed by atoms with Crippen molar-refractivity contribution in [1.29, 1.82) is 0 Å². The van der Waals surface area contributed by atoms with Crippen LogP contribution < -0.4 is 10.1 Å². The van der Waals surface area contributed by atoms with E-state index < -0.39 is 27.6 Å². The molecule has 1 atom stereocenters. The number of carbonyl (C=O) groups excluding carboxylic acids is 1. The molecule has 0 saturated heterocycles. The lowest BCUT2D eigenvalue weighted by Crippen LogP contribution is -2.32. The third-order valence-electron chi connectivity index (χ3n) is 4.34. The normalized spacial score (nSPS) is 12.2. The molecule has 0 radical (unpaired) electrons. The molecule has 0 aromatic heterocycles. The van der Waals surface area contributed by atoms with Gasteiger partial charge in [-0.15, -0.1) is 0 Å². The van der Waals surface area contributed by atoms with Crippen LogP contribution in [-0.4, -0.2) is 27.2 Å². The highest BCUT2D eigenvalue weighted by molar-refractivity contribution is 7.90. The van der Waals surface area contributed by atoms with Crippen molar-refractivity contribution in [2.24, 2.45) is 0 Å². The second-order valence-corrected chi connectivity index (χ2v) is 8.99. The van der Waals surface area contributed by atoms with Crippen molar-refractivity contribution in [2.45, 2.75) is 10.9 Å². The van der Waals surface area contributed by atoms with Crippen LogP contribution in [-0.2, 0) is 9.84 Å². The van der Waals surface area contributed by atoms with Gasteiger partial charge in [0.2, 0.25) is 0 Å². The van der Waals surface area contributed by atoms with Crippen molar-refractivity contribution in [3.8, 4) is 5.75 Å². The molecule has 3 aromatic rings. The largest absolute Gasteiger partial charge is 0.488 e. The Morgan fingerprint density at radius 2 is 1.73 bits per heavy atom. The lowest BCUT2D eigenvalue weighted by molar-refractivity contribution is 0.0920. The van der Waals surface area contributed by atoms with E-state index in [1.807, 2.05) is 18.2 Å². The molecular formula is C22H19ClFNO4S. The zero-order chi connectivity index (χ0) is 21.7. The minimum atomic E-state index is -3.60. The first-order chi connectivity index (χ1) is 14.3. The van der Waals surface area contributed by atoms with Crippen LogP contribution in [0.3, 0.4) is 0 Å². The number of para-hydroxylation sites is 1. The molecule has 8 heteroatoms. The number of carbonyl (C=O) groups is 1. The van der Waals surface area contributed by atoms with Gasteiger partial charge in [-0.25, -0.2) is 12.8 Å². The predicted molar refractivity (Wildman–Crippen MR) is 113 cm³/mol. The van der Waals surface area contributed by atoms with Gasteiger partial charge in [-0.3, -0.25) is 4.79 Å². The van der Waals surface area contributed by atoms with Crippen LogP contribution in [0, 0.1) is 5.82 Å². The smallest absolute Gasteiger partial charge is 0.251 e. The molecule has 0 heterocycles. The summed E-state index contributed by atoms with van der Waals surface area (Å²) >= 11 is 5.95. The summed E-state index contributed by atoms with van der Waals surface area (Å²) in [4.78, 5) is 12.7. The number of nitrogens with one attached hydrogen (secondary N) is 1. The van der Waals surface area contributed by atoms with Gasteiger partial charge in [-0.2, -0.15) is 0 Å². The fourth-order valence-electron chi connectivity index (χ4n) is 2.81. The Morgan fingerprint density at radius 3 is 2.40 bits per heavy atom. The zero-order valence-electron chi connectivity index (χ0n) is 16.0. The Balaban J connectivity index is 1.84. The van der Waals surface area contributed by atoms with Crippen LogP contribution in [0.2, 0.25) is 5.02 Å². The van der Waals surface area contributed by atoms with Gasteiger partial charge in [0, 0.05) is 11.8 Å². The second kappa shape index (κ2) is 9.28. The molecule has 0 saturated carbocycles. The average molecular weight is 448 g/mol. The SMILES string of the molecule is CS(=O)(=O)c1cc(C(=O)NC(COc2ccccc2F)c2ccccc2)ccc1Cl. The van der Waals surface area contributed by atoms with Crippen molar-refractivity contribution in [2.75, 3.05) is 12.9 Å². The van der Waals surface area contributed by atoms with Crippen LogP contribution in [0.4, 0.5) is 4.39 Å². The molecule has 5 nitrogen and oxygen atoms in total. The summed E-state index contributed by atoms with van der Waals surface area (Å²) < 4.78 is 43.2. The summed E-state index contributed by atoms with van der Waals surface area (Å²) in [5, 5.41) is 2.85. The van der Waals surface area contributed by atoms with Crippen molar-refractivity contribution in [3.63, 3.8) is 0 Å². The molecule has 0 aliphatic heterocycles. The molecule has 0 spiro atoms. The van der Waals surface area contributed by atoms with Gasteiger partial charge < -0.3 is 10.1 Å². The summed E-state index contributed by atoms with van der Waals surface area (Å²) in [6.45, 7) is -0.0246. The number of amides is 1. The highest BCUT2D eigenvalue weighted by atomic mass is 35.5. The monoisotopic (exact) mass is 447 g/mol. The minimum Gasteiger partial charge on any atom is -0.488 e. The van der Waals surface area contributed by atoms with Gasteiger partial charge in [0.15, 0.2) is 21.4 Å². The van der Waals surface area contributed by atoms with Gasteiger partial charge in [-0.05, 0) is 35.9 Å². The molecule has 0 bridgehead atoms. The van der Waals surface area contributed by atoms with Gasteiger partial charge >= 0.3 is 0 Å². The average Bonchev–Trinajstić information content (AvgIpc) is 2.72. The van der Waals surface area contributed by atoms with Crippen molar-refractivity contribution in [3.05, 3.63) is 94.8 Å². The number of halogens is 2. The van der Waals surface area contributed by atoms with Crippen LogP contribution in [0.1, 0.15) is 22.0 Å². The maximum Gasteiger partial charge on any atom is 0.251 e. The molecule has 0 aliphatic rings. The quantitative estimate of drug-likeness (QED) is 0.581. The standard InChI is InChI=1S/C22H19ClFNO4S/c1-30(27,28)21-13-16(11-12-17(21)23)22(26)25-19(15-7-3-2-4-8-15)14-29-20-10-6-5-9-18(20)24/h2-13,19H,14H2,1H3,(H,25,26). The lowest BCUT2D eigenvalue weighted by atomic mass is 10.1. The van der Waals surface area contributed by atoms with Gasteiger partial charge in [0.05, 0.1) is 16.0 Å². The third-order valence-corrected chi connectivity index (χ3v) is 5.92. The van der Waals surface area contributed by atoms with Crippen molar-refractivity contribution in [1.82, 2.24) is 5.32 Å². The number of ether oxygens (including phenoxy) is 1. The third kappa shape index (κ3) is 5.37. The summed E-state index contributed by atoms with van der Waals surface area (Å²) in [7, 11) is -3.60. The van der Waals surface area contributed by atoms with Gasteiger partial charge in [0.25, 0.3) is 5.91 Å². The Labute approximate surface area is 179 Å². The van der Waals surface area contributed by atoms with E-state index in [0.29, 0.717) is 0 Å². The molecule has 1 amide bonds. The Bertz CT molecular complexity index is 1150. The topological polar surface area (TPSA) is 72.5 Å². The predicted octanol–water partition coefficient (Wildman–Crippen LogP) is 4.43. The number of benzene rings is 3. The van der Waals surface area contributed by atoms with Crippen LogP contribution in [0.15, 0.2) is 77.7 Å². The fourth-order valence-corrected chi connectivity index (χ4v) is 4.11. The van der Waals surface area contributed by atoms with E-state index >= 15 is 0 Å². The molecule has 0 fully saturated rings. The summed E-state index contributed by atoms with van der Waals surface area (Å²) in [5.74, 6) is -0.952. The summed E-state index contributed by atoms with van der Waals surface area (Å²) in [6, 6.07) is 18.5. The highest BCUT2D eigenvalue weighted by Crippen LogP contribution is 2.24. The van der Waals surface area contributed by atoms with Crippen molar-refractivity contribution < 1.29 is 22.3 Å². The van der Waals surface area contributed by atoms with Crippen LogP contribution in [0.5, 0.6) is 5.75 Å². The Morgan fingerprint density at radius 1 is 1.07 bits per heavy atom. The van der Waals surface area contributed by atoms with E-state index in [9.17, 15) is 17.6 Å². The molecule has 30 heavy (non-hydrogen) atoms. The molecule has 156 valence electrons. The number of hydrogen-bond acceptors (Lipinski definition) is 4. The number of rotatable bonds is 7. The maximum atomic E-state index is 13.9. The van der Waals surface area contributed by atoms with E-state index in [1.54, 1.807) is 24.3 Å². The van der Waals surface area contributed by atoms with Crippen LogP contribution >= 0.6 is 11.6 Å². The van der Waals surface area contributed by atoms with E-state index in [1.165, 1.54) is 30.3 Å². The second-order valence-electron chi connectivity index (χ2n) is 6.60. The van der Waals surface area contributed by atoms with Crippen molar-refractivity contribution >= 4 is 27.3 Å². The molecular weight excluding hydrogens is 429 g/mol. The van der Waals surface area contributed by atoms with E-state index in [2.05, 4.69) is 5.32 Å². The molecule has 3 rings (SSSR count). The van der Waals surface area contributed by atoms with E-state index in [0.717, 1.165) is 11.8 Å². The lowest BCUT2D eigenvalue weighted by Gasteiger charge is -2.20. The Hall–Kier alpha value is -2.90. The molecule has 1 N–H and O–H groups in total. The summed E-state index contributed by atoms with van der Waals surface area (Å²) in [6.07, 6.45) is 1.02. The van der Waals surface area contributed by atoms with E-state index in [4.69, 9.17) is 16.3 Å². The highest BCUT2D eigenvalue weighted by Gasteiger charge is 2.20. The molecule has 3 aromatic carbocycles. The maximum absolute atomic E-state index is 13.9. The van der Waals surface area contributed by atoms with Gasteiger partial charge in [-0.1, -0.05) is 54.1 Å². The first kappa shape index (κ1) is 21.8. The zero-order valence-corrected chi connectivity index (χ0v) is 17.6. The number of sulfone groups is 1. The van der Waals surface area contributed by atoms with Crippen LogP contribution in [0.25, 0.3) is 0 Å².